The number of imidazole rings is 1. The van der Waals surface area contributed by atoms with Gasteiger partial charge in [-0.1, -0.05) is 0 Å². The Balaban J connectivity index is 1.28. The van der Waals surface area contributed by atoms with Crippen LogP contribution in [0.3, 0.4) is 0 Å². The highest BCUT2D eigenvalue weighted by Crippen LogP contribution is 2.30. The lowest BCUT2D eigenvalue weighted by molar-refractivity contribution is 0.102. The number of aryl methyl sites for hydroxylation is 3. The molecule has 10 nitrogen and oxygen atoms in total. The summed E-state index contributed by atoms with van der Waals surface area (Å²) in [6, 6.07) is 12.0. The van der Waals surface area contributed by atoms with E-state index in [0.29, 0.717) is 11.5 Å². The maximum Gasteiger partial charge on any atom is 0.277 e. The lowest BCUT2D eigenvalue weighted by Crippen LogP contribution is -2.44. The molecule has 1 amide bonds. The van der Waals surface area contributed by atoms with Crippen LogP contribution < -0.4 is 10.2 Å². The molecule has 1 aromatic carbocycles. The quantitative estimate of drug-likeness (QED) is 0.409. The van der Waals surface area contributed by atoms with Crippen molar-refractivity contribution in [1.29, 1.82) is 0 Å². The van der Waals surface area contributed by atoms with E-state index in [-0.39, 0.29) is 5.91 Å². The number of nitrogens with one attached hydrogen (secondary N) is 1. The highest BCUT2D eigenvalue weighted by Gasteiger charge is 2.19. The second-order valence-corrected chi connectivity index (χ2v) is 9.73. The predicted molar refractivity (Wildman–Crippen MR) is 144 cm³/mol. The summed E-state index contributed by atoms with van der Waals surface area (Å²) < 4.78 is 3.84. The van der Waals surface area contributed by atoms with Crippen LogP contribution in [0.25, 0.3) is 27.7 Å². The largest absolute Gasteiger partial charge is 0.353 e. The second kappa shape index (κ2) is 8.97. The zero-order chi connectivity index (χ0) is 25.7. The van der Waals surface area contributed by atoms with E-state index in [2.05, 4.69) is 62.6 Å². The van der Waals surface area contributed by atoms with Crippen LogP contribution in [0.4, 0.5) is 11.6 Å². The summed E-state index contributed by atoms with van der Waals surface area (Å²) in [7, 11) is 4.06. The maximum atomic E-state index is 13.1. The van der Waals surface area contributed by atoms with Gasteiger partial charge >= 0.3 is 0 Å². The van der Waals surface area contributed by atoms with Crippen molar-refractivity contribution in [2.45, 2.75) is 13.8 Å². The first-order chi connectivity index (χ1) is 17.9. The van der Waals surface area contributed by atoms with Crippen LogP contribution in [0.1, 0.15) is 21.7 Å². The van der Waals surface area contributed by atoms with Crippen LogP contribution in [-0.4, -0.2) is 73.4 Å². The van der Waals surface area contributed by atoms with Gasteiger partial charge in [-0.15, -0.1) is 10.2 Å². The number of carbonyl (C=O) groups is 1. The van der Waals surface area contributed by atoms with Gasteiger partial charge in [-0.3, -0.25) is 9.48 Å². The maximum absolute atomic E-state index is 13.1. The Bertz CT molecular complexity index is 1630. The Labute approximate surface area is 214 Å². The molecule has 4 aromatic heterocycles. The summed E-state index contributed by atoms with van der Waals surface area (Å²) >= 11 is 0. The lowest BCUT2D eigenvalue weighted by Gasteiger charge is -2.32. The first kappa shape index (κ1) is 23.1. The molecule has 0 aliphatic carbocycles. The molecular weight excluding hydrogens is 466 g/mol. The molecule has 10 heteroatoms. The van der Waals surface area contributed by atoms with Gasteiger partial charge in [-0.05, 0) is 68.4 Å². The number of fused-ring (bicyclic) bond motifs is 2. The number of likely N-dealkylation sites (N-methyl/N-ethyl adjacent to an activating group) is 1. The van der Waals surface area contributed by atoms with Crippen LogP contribution in [0.15, 0.2) is 48.8 Å². The number of piperazine rings is 1. The van der Waals surface area contributed by atoms with Crippen molar-refractivity contribution in [3.05, 3.63) is 65.7 Å². The van der Waals surface area contributed by atoms with Crippen LogP contribution in [0.2, 0.25) is 0 Å². The van der Waals surface area contributed by atoms with Gasteiger partial charge in [0.2, 0.25) is 0 Å². The molecule has 1 N–H and O–H groups in total. The minimum absolute atomic E-state index is 0.319. The Kier molecular flexibility index (Phi) is 5.60. The van der Waals surface area contributed by atoms with Gasteiger partial charge < -0.3 is 19.5 Å². The van der Waals surface area contributed by atoms with Gasteiger partial charge in [-0.2, -0.15) is 5.10 Å². The van der Waals surface area contributed by atoms with E-state index in [9.17, 15) is 4.79 Å². The first-order valence-corrected chi connectivity index (χ1v) is 12.4. The molecule has 1 saturated heterocycles. The molecule has 0 saturated carbocycles. The fourth-order valence-electron chi connectivity index (χ4n) is 5.02. The van der Waals surface area contributed by atoms with E-state index in [0.717, 1.165) is 70.9 Å². The van der Waals surface area contributed by atoms with Gasteiger partial charge in [0, 0.05) is 56.1 Å². The molecule has 0 unspecified atom stereocenters. The Morgan fingerprint density at radius 3 is 2.54 bits per heavy atom. The smallest absolute Gasteiger partial charge is 0.277 e. The molecule has 37 heavy (non-hydrogen) atoms. The summed E-state index contributed by atoms with van der Waals surface area (Å²) in [5.41, 5.74) is 6.26. The monoisotopic (exact) mass is 495 g/mol. The summed E-state index contributed by atoms with van der Waals surface area (Å²) in [6.45, 7) is 7.88. The lowest BCUT2D eigenvalue weighted by atomic mass is 10.0. The SMILES string of the molecule is Cc1cc(-c2ccc(C)n3cc(C(=O)Nc4ccc(N5CCN(C)CC5)nn4)nc23)cc2cnn(C)c12. The van der Waals surface area contributed by atoms with Crippen LogP contribution in [0, 0.1) is 13.8 Å². The van der Waals surface area contributed by atoms with Crippen molar-refractivity contribution in [2.75, 3.05) is 43.4 Å². The number of pyridine rings is 1. The van der Waals surface area contributed by atoms with Crippen molar-refractivity contribution in [2.24, 2.45) is 7.05 Å². The number of nitrogens with zero attached hydrogens (tertiary/aromatic N) is 8. The Hall–Kier alpha value is -4.31. The summed E-state index contributed by atoms with van der Waals surface area (Å²) in [5, 5.41) is 16.9. The molecule has 0 bridgehead atoms. The third kappa shape index (κ3) is 4.19. The number of amides is 1. The fraction of sp³-hybridized carbons (Fsp3) is 0.296. The molecule has 0 spiro atoms. The minimum Gasteiger partial charge on any atom is -0.353 e. The normalized spacial score (nSPS) is 14.5. The predicted octanol–water partition coefficient (Wildman–Crippen LogP) is 3.30. The molecule has 0 radical (unpaired) electrons. The second-order valence-electron chi connectivity index (χ2n) is 9.73. The summed E-state index contributed by atoms with van der Waals surface area (Å²) in [4.78, 5) is 22.3. The van der Waals surface area contributed by atoms with E-state index in [1.807, 2.05) is 41.4 Å². The van der Waals surface area contributed by atoms with Gasteiger partial charge in [0.1, 0.15) is 11.3 Å². The fourth-order valence-corrected chi connectivity index (χ4v) is 5.02. The average molecular weight is 496 g/mol. The number of hydrogen-bond acceptors (Lipinski definition) is 7. The first-order valence-electron chi connectivity index (χ1n) is 12.4. The number of aromatic nitrogens is 6. The van der Waals surface area contributed by atoms with E-state index in [4.69, 9.17) is 4.98 Å². The van der Waals surface area contributed by atoms with E-state index in [1.54, 1.807) is 12.3 Å². The zero-order valence-electron chi connectivity index (χ0n) is 21.4. The minimum atomic E-state index is -0.324. The number of benzene rings is 1. The highest BCUT2D eigenvalue weighted by molar-refractivity contribution is 6.03. The van der Waals surface area contributed by atoms with Crippen molar-refractivity contribution in [3.63, 3.8) is 0 Å². The number of anilines is 2. The average Bonchev–Trinajstić information content (AvgIpc) is 3.50. The van der Waals surface area contributed by atoms with Crippen LogP contribution >= 0.6 is 0 Å². The Morgan fingerprint density at radius 1 is 0.973 bits per heavy atom. The van der Waals surface area contributed by atoms with Crippen molar-refractivity contribution >= 4 is 34.1 Å². The molecule has 0 atom stereocenters. The molecule has 5 aromatic rings. The van der Waals surface area contributed by atoms with Gasteiger partial charge in [0.05, 0.1) is 11.7 Å². The summed E-state index contributed by atoms with van der Waals surface area (Å²) in [5.74, 6) is 0.893. The highest BCUT2D eigenvalue weighted by atomic mass is 16.2. The molecule has 1 fully saturated rings. The van der Waals surface area contributed by atoms with Crippen LogP contribution in [0.5, 0.6) is 0 Å². The van der Waals surface area contributed by atoms with Gasteiger partial charge in [0.15, 0.2) is 11.6 Å². The molecule has 5 heterocycles. The Morgan fingerprint density at radius 2 is 1.78 bits per heavy atom. The van der Waals surface area contributed by atoms with E-state index in [1.165, 1.54) is 0 Å². The third-order valence-corrected chi connectivity index (χ3v) is 7.10. The summed E-state index contributed by atoms with van der Waals surface area (Å²) in [6.07, 6.45) is 3.64. The molecule has 188 valence electrons. The van der Waals surface area contributed by atoms with Crippen molar-refractivity contribution in [1.82, 2.24) is 34.3 Å². The topological polar surface area (TPSA) is 96.5 Å². The van der Waals surface area contributed by atoms with Crippen LogP contribution in [-0.2, 0) is 7.05 Å². The van der Waals surface area contributed by atoms with Crippen molar-refractivity contribution in [3.8, 4) is 11.1 Å². The number of carbonyl (C=O) groups excluding carboxylic acids is 1. The van der Waals surface area contributed by atoms with Gasteiger partial charge in [-0.25, -0.2) is 4.98 Å². The molecular formula is C27H29N9O. The standard InChI is InChI=1S/C27H29N9O/c1-17-13-19(14-20-15-28-34(4)25(17)20)21-6-5-18(2)36-16-22(29-26(21)36)27(37)30-23-7-8-24(32-31-23)35-11-9-33(3)10-12-35/h5-8,13-16H,9-12H2,1-4H3,(H,30,31,37). The molecule has 1 aliphatic rings. The molecule has 6 rings (SSSR count). The zero-order valence-corrected chi connectivity index (χ0v) is 21.4. The van der Waals surface area contributed by atoms with E-state index < -0.39 is 0 Å². The van der Waals surface area contributed by atoms with E-state index >= 15 is 0 Å². The number of rotatable bonds is 4. The third-order valence-electron chi connectivity index (χ3n) is 7.10. The molecule has 1 aliphatic heterocycles. The number of hydrogen-bond donors (Lipinski definition) is 1. The van der Waals surface area contributed by atoms with Gasteiger partial charge in [0.25, 0.3) is 5.91 Å². The van der Waals surface area contributed by atoms with Crippen molar-refractivity contribution < 1.29 is 4.79 Å².